The monoisotopic (exact) mass is 410 g/mol. The zero-order chi connectivity index (χ0) is 21.6. The molecule has 1 amide bonds. The van der Waals surface area contributed by atoms with Crippen LogP contribution in [0, 0.1) is 0 Å². The average Bonchev–Trinajstić information content (AvgIpc) is 3.25. The molecule has 3 aromatic carbocycles. The Bertz CT molecular complexity index is 1130. The highest BCUT2D eigenvalue weighted by molar-refractivity contribution is 6.08. The minimum absolute atomic E-state index is 0.179. The smallest absolute Gasteiger partial charge is 0.259 e. The van der Waals surface area contributed by atoms with E-state index in [-0.39, 0.29) is 5.91 Å². The maximum atomic E-state index is 13.2. The minimum atomic E-state index is -0.179. The van der Waals surface area contributed by atoms with Crippen molar-refractivity contribution in [2.24, 2.45) is 0 Å². The van der Waals surface area contributed by atoms with Crippen LogP contribution in [-0.2, 0) is 6.42 Å². The Labute approximate surface area is 183 Å². The van der Waals surface area contributed by atoms with E-state index in [2.05, 4.69) is 36.4 Å². The van der Waals surface area contributed by atoms with E-state index in [1.165, 1.54) is 5.56 Å². The van der Waals surface area contributed by atoms with E-state index in [9.17, 15) is 4.79 Å². The number of hydrogen-bond donors (Lipinski definition) is 1. The molecule has 1 N–H and O–H groups in total. The van der Waals surface area contributed by atoms with Gasteiger partial charge < -0.3 is 10.2 Å². The number of anilines is 1. The van der Waals surface area contributed by atoms with Gasteiger partial charge in [0.05, 0.1) is 11.3 Å². The zero-order valence-electron chi connectivity index (χ0n) is 17.8. The third-order valence-corrected chi connectivity index (χ3v) is 5.09. The Morgan fingerprint density at radius 1 is 0.903 bits per heavy atom. The fourth-order valence-electron chi connectivity index (χ4n) is 3.37. The summed E-state index contributed by atoms with van der Waals surface area (Å²) in [6, 6.07) is 27.6. The molecule has 1 aromatic heterocycles. The summed E-state index contributed by atoms with van der Waals surface area (Å²) in [6.45, 7) is 0.991. The standard InChI is InChI=1S/C26H26N4O/c1-29(2)18-17-20-13-15-22(16-14-20)27-26(31)24-19-30(23-11-7-4-8-12-23)28-25(24)21-9-5-3-6-10-21/h3-16,19H,17-18H2,1-2H3,(H,27,31). The van der Waals surface area contributed by atoms with E-state index in [1.54, 1.807) is 10.9 Å². The van der Waals surface area contributed by atoms with Crippen molar-refractivity contribution >= 4 is 11.6 Å². The number of nitrogens with zero attached hydrogens (tertiary/aromatic N) is 3. The summed E-state index contributed by atoms with van der Waals surface area (Å²) in [6.07, 6.45) is 2.77. The van der Waals surface area contributed by atoms with Crippen molar-refractivity contribution in [2.45, 2.75) is 6.42 Å². The third kappa shape index (κ3) is 5.08. The molecular formula is C26H26N4O. The van der Waals surface area contributed by atoms with Crippen LogP contribution in [0.3, 0.4) is 0 Å². The molecule has 0 radical (unpaired) electrons. The molecule has 0 saturated heterocycles. The molecular weight excluding hydrogens is 384 g/mol. The van der Waals surface area contributed by atoms with E-state index >= 15 is 0 Å². The summed E-state index contributed by atoms with van der Waals surface area (Å²) in [5.74, 6) is -0.179. The van der Waals surface area contributed by atoms with Gasteiger partial charge in [-0.05, 0) is 50.3 Å². The fraction of sp³-hybridized carbons (Fsp3) is 0.154. The van der Waals surface area contributed by atoms with Crippen LogP contribution < -0.4 is 5.32 Å². The van der Waals surface area contributed by atoms with Crippen molar-refractivity contribution in [1.29, 1.82) is 0 Å². The largest absolute Gasteiger partial charge is 0.322 e. The molecule has 1 heterocycles. The Morgan fingerprint density at radius 3 is 2.19 bits per heavy atom. The summed E-state index contributed by atoms with van der Waals surface area (Å²) >= 11 is 0. The van der Waals surface area contributed by atoms with Crippen LogP contribution >= 0.6 is 0 Å². The van der Waals surface area contributed by atoms with Crippen molar-refractivity contribution in [3.63, 3.8) is 0 Å². The summed E-state index contributed by atoms with van der Waals surface area (Å²) < 4.78 is 1.75. The summed E-state index contributed by atoms with van der Waals surface area (Å²) in [7, 11) is 4.13. The summed E-state index contributed by atoms with van der Waals surface area (Å²) in [4.78, 5) is 15.3. The molecule has 5 heteroatoms. The molecule has 0 atom stereocenters. The lowest BCUT2D eigenvalue weighted by Crippen LogP contribution is -2.15. The molecule has 0 fully saturated rings. The predicted octanol–water partition coefficient (Wildman–Crippen LogP) is 4.90. The van der Waals surface area contributed by atoms with Gasteiger partial charge in [-0.3, -0.25) is 4.79 Å². The lowest BCUT2D eigenvalue weighted by molar-refractivity contribution is 0.102. The number of nitrogens with one attached hydrogen (secondary N) is 1. The lowest BCUT2D eigenvalue weighted by atomic mass is 10.1. The van der Waals surface area contributed by atoms with Crippen LogP contribution in [0.2, 0.25) is 0 Å². The molecule has 156 valence electrons. The molecule has 0 aliphatic carbocycles. The second-order valence-electron chi connectivity index (χ2n) is 7.74. The molecule has 0 aliphatic rings. The number of benzene rings is 3. The van der Waals surface area contributed by atoms with Crippen LogP contribution in [0.4, 0.5) is 5.69 Å². The number of hydrogen-bond acceptors (Lipinski definition) is 3. The normalized spacial score (nSPS) is 10.9. The Morgan fingerprint density at radius 2 is 1.55 bits per heavy atom. The van der Waals surface area contributed by atoms with Gasteiger partial charge in [-0.25, -0.2) is 4.68 Å². The Hall–Kier alpha value is -3.70. The molecule has 0 aliphatic heterocycles. The number of likely N-dealkylation sites (N-methyl/N-ethyl adjacent to an activating group) is 1. The highest BCUT2D eigenvalue weighted by atomic mass is 16.1. The first kappa shape index (κ1) is 20.6. The zero-order valence-corrected chi connectivity index (χ0v) is 17.8. The SMILES string of the molecule is CN(C)CCc1ccc(NC(=O)c2cn(-c3ccccc3)nc2-c2ccccc2)cc1. The molecule has 0 unspecified atom stereocenters. The predicted molar refractivity (Wildman–Crippen MR) is 126 cm³/mol. The lowest BCUT2D eigenvalue weighted by Gasteiger charge is -2.10. The first-order chi connectivity index (χ1) is 15.1. The maximum absolute atomic E-state index is 13.2. The fourth-order valence-corrected chi connectivity index (χ4v) is 3.37. The molecule has 4 aromatic rings. The molecule has 5 nitrogen and oxygen atoms in total. The van der Waals surface area contributed by atoms with Crippen molar-refractivity contribution in [3.05, 3.63) is 102 Å². The topological polar surface area (TPSA) is 50.2 Å². The van der Waals surface area contributed by atoms with Gasteiger partial charge in [0.25, 0.3) is 5.91 Å². The second kappa shape index (κ2) is 9.41. The highest BCUT2D eigenvalue weighted by Crippen LogP contribution is 2.24. The molecule has 0 bridgehead atoms. The quantitative estimate of drug-likeness (QED) is 0.472. The van der Waals surface area contributed by atoms with Crippen LogP contribution in [0.1, 0.15) is 15.9 Å². The Balaban J connectivity index is 1.60. The van der Waals surface area contributed by atoms with Gasteiger partial charge in [0, 0.05) is 24.0 Å². The van der Waals surface area contributed by atoms with E-state index in [4.69, 9.17) is 5.10 Å². The highest BCUT2D eigenvalue weighted by Gasteiger charge is 2.18. The average molecular weight is 411 g/mol. The number of rotatable bonds is 7. The minimum Gasteiger partial charge on any atom is -0.322 e. The van der Waals surface area contributed by atoms with Crippen molar-refractivity contribution in [3.8, 4) is 16.9 Å². The van der Waals surface area contributed by atoms with Crippen molar-refractivity contribution < 1.29 is 4.79 Å². The Kier molecular flexibility index (Phi) is 6.24. The van der Waals surface area contributed by atoms with Gasteiger partial charge in [-0.2, -0.15) is 5.10 Å². The van der Waals surface area contributed by atoms with Crippen LogP contribution in [0.25, 0.3) is 16.9 Å². The number of para-hydroxylation sites is 1. The van der Waals surface area contributed by atoms with Crippen molar-refractivity contribution in [2.75, 3.05) is 26.0 Å². The number of amides is 1. The van der Waals surface area contributed by atoms with Crippen LogP contribution in [0.15, 0.2) is 91.1 Å². The van der Waals surface area contributed by atoms with Crippen LogP contribution in [-0.4, -0.2) is 41.2 Å². The van der Waals surface area contributed by atoms with Gasteiger partial charge in [0.1, 0.15) is 5.69 Å². The summed E-state index contributed by atoms with van der Waals surface area (Å²) in [5.41, 5.74) is 5.01. The number of carbonyl (C=O) groups excluding carboxylic acids is 1. The van der Waals surface area contributed by atoms with Gasteiger partial charge in [0.15, 0.2) is 0 Å². The van der Waals surface area contributed by atoms with E-state index in [0.29, 0.717) is 11.3 Å². The third-order valence-electron chi connectivity index (χ3n) is 5.09. The van der Waals surface area contributed by atoms with E-state index in [1.807, 2.05) is 72.8 Å². The second-order valence-corrected chi connectivity index (χ2v) is 7.74. The molecule has 0 spiro atoms. The van der Waals surface area contributed by atoms with E-state index < -0.39 is 0 Å². The first-order valence-corrected chi connectivity index (χ1v) is 10.4. The number of carbonyl (C=O) groups is 1. The summed E-state index contributed by atoms with van der Waals surface area (Å²) in [5, 5.41) is 7.74. The number of aromatic nitrogens is 2. The van der Waals surface area contributed by atoms with E-state index in [0.717, 1.165) is 29.9 Å². The van der Waals surface area contributed by atoms with Crippen molar-refractivity contribution in [1.82, 2.24) is 14.7 Å². The maximum Gasteiger partial charge on any atom is 0.259 e. The molecule has 4 rings (SSSR count). The van der Waals surface area contributed by atoms with Gasteiger partial charge in [-0.1, -0.05) is 60.7 Å². The van der Waals surface area contributed by atoms with Gasteiger partial charge >= 0.3 is 0 Å². The first-order valence-electron chi connectivity index (χ1n) is 10.4. The van der Waals surface area contributed by atoms with Gasteiger partial charge in [0.2, 0.25) is 0 Å². The molecule has 0 saturated carbocycles. The van der Waals surface area contributed by atoms with Gasteiger partial charge in [-0.15, -0.1) is 0 Å². The molecule has 31 heavy (non-hydrogen) atoms. The van der Waals surface area contributed by atoms with Crippen LogP contribution in [0.5, 0.6) is 0 Å².